The van der Waals surface area contributed by atoms with Gasteiger partial charge in [-0.25, -0.2) is 4.79 Å². The lowest BCUT2D eigenvalue weighted by Crippen LogP contribution is -2.66. The zero-order valence-electron chi connectivity index (χ0n) is 11.5. The van der Waals surface area contributed by atoms with Gasteiger partial charge >= 0.3 is 35.8 Å². The molecule has 0 aliphatic rings. The summed E-state index contributed by atoms with van der Waals surface area (Å²) in [6.07, 6.45) is -9.59. The van der Waals surface area contributed by atoms with Gasteiger partial charge in [0.1, 0.15) is 0 Å². The van der Waals surface area contributed by atoms with Crippen LogP contribution in [0.15, 0.2) is 11.6 Å². The number of halogens is 11. The van der Waals surface area contributed by atoms with Crippen molar-refractivity contribution in [2.75, 3.05) is 0 Å². The first-order chi connectivity index (χ1) is 10.4. The molecule has 0 aliphatic carbocycles. The molecule has 0 saturated carbocycles. The van der Waals surface area contributed by atoms with Crippen molar-refractivity contribution in [2.45, 2.75) is 49.6 Å². The van der Waals surface area contributed by atoms with Gasteiger partial charge in [0.05, 0.1) is 0 Å². The van der Waals surface area contributed by atoms with Crippen molar-refractivity contribution in [1.29, 1.82) is 0 Å². The zero-order chi connectivity index (χ0) is 19.8. The minimum absolute atomic E-state index is 0.241. The number of carboxylic acid groups (broad SMARTS) is 1. The first-order valence-electron chi connectivity index (χ1n) is 5.89. The van der Waals surface area contributed by atoms with Crippen molar-refractivity contribution in [1.82, 2.24) is 0 Å². The van der Waals surface area contributed by atoms with E-state index in [-0.39, 0.29) is 6.42 Å². The van der Waals surface area contributed by atoms with Gasteiger partial charge in [-0.3, -0.25) is 0 Å². The van der Waals surface area contributed by atoms with Crippen molar-refractivity contribution in [3.05, 3.63) is 11.6 Å². The monoisotopic (exact) mass is 382 g/mol. The van der Waals surface area contributed by atoms with E-state index in [9.17, 15) is 53.1 Å². The summed E-state index contributed by atoms with van der Waals surface area (Å²) in [6, 6.07) is 0. The van der Waals surface area contributed by atoms with E-state index in [0.29, 0.717) is 0 Å². The predicted molar refractivity (Wildman–Crippen MR) is 56.5 cm³/mol. The first-order valence-corrected chi connectivity index (χ1v) is 5.89. The van der Waals surface area contributed by atoms with Crippen LogP contribution in [0.3, 0.4) is 0 Å². The number of rotatable bonds is 7. The van der Waals surface area contributed by atoms with Crippen molar-refractivity contribution in [2.24, 2.45) is 0 Å². The molecule has 24 heavy (non-hydrogen) atoms. The van der Waals surface area contributed by atoms with Crippen LogP contribution in [-0.2, 0) is 4.79 Å². The summed E-state index contributed by atoms with van der Waals surface area (Å²) in [5.41, 5.74) is -1.55. The van der Waals surface area contributed by atoms with E-state index in [1.807, 2.05) is 0 Å². The lowest BCUT2D eigenvalue weighted by atomic mass is 9.95. The maximum atomic E-state index is 13.3. The molecule has 0 fully saturated rings. The van der Waals surface area contributed by atoms with E-state index in [1.54, 1.807) is 0 Å². The maximum absolute atomic E-state index is 13.3. The molecular weight excluding hydrogens is 373 g/mol. The van der Waals surface area contributed by atoms with E-state index in [4.69, 9.17) is 5.11 Å². The number of aliphatic carboxylic acids is 1. The first kappa shape index (κ1) is 22.4. The van der Waals surface area contributed by atoms with Crippen molar-refractivity contribution in [3.63, 3.8) is 0 Å². The molecule has 0 saturated heterocycles. The Labute approximate surface area is 126 Å². The Bertz CT molecular complexity index is 505. The number of hydrogen-bond donors (Lipinski definition) is 1. The van der Waals surface area contributed by atoms with E-state index >= 15 is 0 Å². The number of carboxylic acids is 1. The van der Waals surface area contributed by atoms with Crippen molar-refractivity contribution >= 4 is 5.97 Å². The Morgan fingerprint density at radius 2 is 1.25 bits per heavy atom. The lowest BCUT2D eigenvalue weighted by molar-refractivity contribution is -0.417. The van der Waals surface area contributed by atoms with E-state index in [0.717, 1.165) is 0 Å². The van der Waals surface area contributed by atoms with Gasteiger partial charge < -0.3 is 5.11 Å². The molecule has 0 bridgehead atoms. The van der Waals surface area contributed by atoms with Crippen LogP contribution in [0.4, 0.5) is 48.3 Å². The van der Waals surface area contributed by atoms with Gasteiger partial charge in [0.2, 0.25) is 0 Å². The second-order valence-electron chi connectivity index (χ2n) is 4.57. The molecule has 142 valence electrons. The van der Waals surface area contributed by atoms with Crippen molar-refractivity contribution < 1.29 is 58.2 Å². The molecular formula is C11H9F11O2. The molecule has 0 spiro atoms. The molecule has 0 aromatic rings. The van der Waals surface area contributed by atoms with Gasteiger partial charge in [-0.1, -0.05) is 13.3 Å². The Morgan fingerprint density at radius 3 is 1.54 bits per heavy atom. The Morgan fingerprint density at radius 1 is 0.833 bits per heavy atom. The average Bonchev–Trinajstić information content (AvgIpc) is 2.35. The lowest BCUT2D eigenvalue weighted by Gasteiger charge is -2.36. The summed E-state index contributed by atoms with van der Waals surface area (Å²) in [5, 5.41) is 8.46. The molecule has 0 heterocycles. The average molecular weight is 382 g/mol. The van der Waals surface area contributed by atoms with Crippen molar-refractivity contribution in [3.8, 4) is 0 Å². The highest BCUT2D eigenvalue weighted by Crippen LogP contribution is 2.57. The SMILES string of the molecule is CCCC(=CC(F)(F)C(F)(F)C(F)(F)C(F)(F)C(F)(F)F)C(=O)O. The van der Waals surface area contributed by atoms with Crippen LogP contribution in [0, 0.1) is 0 Å². The standard InChI is InChI=1S/C11H9F11O2/c1-2-3-5(6(23)24)4-7(12,13)8(14,15)9(16,17)10(18,19)11(20,21)22/h4H,2-3H2,1H3,(H,23,24). The fourth-order valence-electron chi connectivity index (χ4n) is 1.40. The van der Waals surface area contributed by atoms with Crippen LogP contribution in [0.2, 0.25) is 0 Å². The van der Waals surface area contributed by atoms with E-state index < -0.39 is 53.9 Å². The summed E-state index contributed by atoms with van der Waals surface area (Å²) >= 11 is 0. The highest BCUT2D eigenvalue weighted by atomic mass is 19.4. The normalized spacial score (nSPS) is 15.6. The highest BCUT2D eigenvalue weighted by Gasteiger charge is 2.86. The maximum Gasteiger partial charge on any atom is 0.460 e. The topological polar surface area (TPSA) is 37.3 Å². The fourth-order valence-corrected chi connectivity index (χ4v) is 1.40. The third-order valence-corrected chi connectivity index (χ3v) is 2.71. The van der Waals surface area contributed by atoms with E-state index in [1.165, 1.54) is 6.92 Å². The summed E-state index contributed by atoms with van der Waals surface area (Å²) in [5.74, 6) is -30.8. The van der Waals surface area contributed by atoms with E-state index in [2.05, 4.69) is 0 Å². The molecule has 0 rings (SSSR count). The summed E-state index contributed by atoms with van der Waals surface area (Å²) in [6.45, 7) is 1.18. The number of allylic oxidation sites excluding steroid dienone is 1. The largest absolute Gasteiger partial charge is 0.478 e. The second-order valence-corrected chi connectivity index (χ2v) is 4.57. The minimum Gasteiger partial charge on any atom is -0.478 e. The molecule has 13 heteroatoms. The van der Waals surface area contributed by atoms with Gasteiger partial charge in [0, 0.05) is 11.6 Å². The fraction of sp³-hybridized carbons (Fsp3) is 0.727. The summed E-state index contributed by atoms with van der Waals surface area (Å²) in [7, 11) is 0. The van der Waals surface area contributed by atoms with Crippen LogP contribution < -0.4 is 0 Å². The van der Waals surface area contributed by atoms with Gasteiger partial charge in [-0.15, -0.1) is 0 Å². The predicted octanol–water partition coefficient (Wildman–Crippen LogP) is 4.90. The third-order valence-electron chi connectivity index (χ3n) is 2.71. The van der Waals surface area contributed by atoms with Crippen LogP contribution in [0.1, 0.15) is 19.8 Å². The highest BCUT2D eigenvalue weighted by molar-refractivity contribution is 5.86. The summed E-state index contributed by atoms with van der Waals surface area (Å²) in [4.78, 5) is 10.5. The Balaban J connectivity index is 6.19. The number of alkyl halides is 11. The smallest absolute Gasteiger partial charge is 0.460 e. The molecule has 1 N–H and O–H groups in total. The zero-order valence-corrected chi connectivity index (χ0v) is 11.5. The second kappa shape index (κ2) is 6.39. The molecule has 0 aromatic heterocycles. The minimum atomic E-state index is -7.55. The Hall–Kier alpha value is -1.56. The van der Waals surface area contributed by atoms with Crippen LogP contribution in [0.5, 0.6) is 0 Å². The molecule has 0 aromatic carbocycles. The molecule has 0 unspecified atom stereocenters. The molecule has 0 radical (unpaired) electrons. The Kier molecular flexibility index (Phi) is 5.97. The molecule has 0 amide bonds. The quantitative estimate of drug-likeness (QED) is 0.502. The van der Waals surface area contributed by atoms with Crippen LogP contribution in [0.25, 0.3) is 0 Å². The third kappa shape index (κ3) is 3.58. The van der Waals surface area contributed by atoms with Gasteiger partial charge in [0.25, 0.3) is 0 Å². The molecule has 0 aliphatic heterocycles. The number of carbonyl (C=O) groups is 1. The molecule has 0 atom stereocenters. The van der Waals surface area contributed by atoms with Gasteiger partial charge in [-0.05, 0) is 6.42 Å². The van der Waals surface area contributed by atoms with Gasteiger partial charge in [-0.2, -0.15) is 48.3 Å². The van der Waals surface area contributed by atoms with Crippen LogP contribution >= 0.6 is 0 Å². The molecule has 2 nitrogen and oxygen atoms in total. The van der Waals surface area contributed by atoms with Crippen LogP contribution in [-0.4, -0.2) is 40.9 Å². The summed E-state index contributed by atoms with van der Waals surface area (Å²) < 4.78 is 139. The van der Waals surface area contributed by atoms with Gasteiger partial charge in [0.15, 0.2) is 0 Å². The number of hydrogen-bond acceptors (Lipinski definition) is 1.